The molecule has 0 fully saturated rings. The van der Waals surface area contributed by atoms with Crippen LogP contribution in [0.3, 0.4) is 0 Å². The van der Waals surface area contributed by atoms with Crippen LogP contribution >= 0.6 is 11.6 Å². The summed E-state index contributed by atoms with van der Waals surface area (Å²) in [7, 11) is -1.46. The lowest BCUT2D eigenvalue weighted by Crippen LogP contribution is -2.12. The number of benzene rings is 1. The van der Waals surface area contributed by atoms with Crippen molar-refractivity contribution >= 4 is 21.4 Å². The maximum Gasteiger partial charge on any atom is 0.167 e. The number of nitrogens with zero attached hydrogens (tertiary/aromatic N) is 3. The fourth-order valence-electron chi connectivity index (χ4n) is 2.38. The predicted octanol–water partition coefficient (Wildman–Crippen LogP) is 1.58. The highest BCUT2D eigenvalue weighted by Crippen LogP contribution is 2.32. The Balaban J connectivity index is 2.08. The Labute approximate surface area is 127 Å². The molecule has 0 radical (unpaired) electrons. The SMILES string of the molecule is COc1cc(Cl)ccc1-c1nnc2n1CCS(=O)(=O)CC2. The third-order valence-electron chi connectivity index (χ3n) is 3.49. The smallest absolute Gasteiger partial charge is 0.167 e. The third-order valence-corrected chi connectivity index (χ3v) is 5.36. The van der Waals surface area contributed by atoms with Crippen molar-refractivity contribution in [2.24, 2.45) is 0 Å². The summed E-state index contributed by atoms with van der Waals surface area (Å²) in [5, 5.41) is 8.87. The average molecular weight is 328 g/mol. The van der Waals surface area contributed by atoms with Crippen LogP contribution in [0.5, 0.6) is 5.75 Å². The van der Waals surface area contributed by atoms with Crippen LogP contribution in [0.4, 0.5) is 0 Å². The van der Waals surface area contributed by atoms with E-state index < -0.39 is 9.84 Å². The second-order valence-electron chi connectivity index (χ2n) is 4.84. The van der Waals surface area contributed by atoms with Gasteiger partial charge in [0.1, 0.15) is 11.6 Å². The number of ether oxygens (including phenoxy) is 1. The molecule has 6 nitrogen and oxygen atoms in total. The average Bonchev–Trinajstić information content (AvgIpc) is 2.79. The molecule has 8 heteroatoms. The molecule has 0 atom stereocenters. The molecule has 0 unspecified atom stereocenters. The van der Waals surface area contributed by atoms with Crippen LogP contribution in [0.1, 0.15) is 5.82 Å². The molecular formula is C13H14ClN3O3S. The Bertz CT molecular complexity index is 786. The molecule has 0 spiro atoms. The third kappa shape index (κ3) is 2.75. The number of aromatic nitrogens is 3. The first kappa shape index (κ1) is 14.3. The van der Waals surface area contributed by atoms with Gasteiger partial charge in [0, 0.05) is 18.0 Å². The van der Waals surface area contributed by atoms with Crippen molar-refractivity contribution in [1.29, 1.82) is 0 Å². The molecule has 2 aromatic rings. The molecule has 0 amide bonds. The number of fused-ring (bicyclic) bond motifs is 1. The number of hydrogen-bond acceptors (Lipinski definition) is 5. The summed E-state index contributed by atoms with van der Waals surface area (Å²) in [6.45, 7) is 0.353. The van der Waals surface area contributed by atoms with Gasteiger partial charge in [-0.1, -0.05) is 11.6 Å². The lowest BCUT2D eigenvalue weighted by molar-refractivity contribution is 0.416. The Morgan fingerprint density at radius 3 is 2.86 bits per heavy atom. The minimum Gasteiger partial charge on any atom is -0.496 e. The molecule has 0 N–H and O–H groups in total. The first-order valence-electron chi connectivity index (χ1n) is 6.46. The van der Waals surface area contributed by atoms with Crippen LogP contribution in [-0.2, 0) is 22.8 Å². The van der Waals surface area contributed by atoms with Gasteiger partial charge in [0.05, 0.1) is 24.2 Å². The zero-order chi connectivity index (χ0) is 15.0. The van der Waals surface area contributed by atoms with E-state index in [1.165, 1.54) is 0 Å². The number of aryl methyl sites for hydroxylation is 1. The van der Waals surface area contributed by atoms with Crippen LogP contribution in [0, 0.1) is 0 Å². The summed E-state index contributed by atoms with van der Waals surface area (Å²) in [4.78, 5) is 0. The molecule has 0 saturated heterocycles. The largest absolute Gasteiger partial charge is 0.496 e. The topological polar surface area (TPSA) is 74.1 Å². The van der Waals surface area contributed by atoms with E-state index in [4.69, 9.17) is 16.3 Å². The van der Waals surface area contributed by atoms with Crippen molar-refractivity contribution in [3.8, 4) is 17.1 Å². The Kier molecular flexibility index (Phi) is 3.62. The first-order chi connectivity index (χ1) is 10.00. The second-order valence-corrected chi connectivity index (χ2v) is 7.58. The highest BCUT2D eigenvalue weighted by molar-refractivity contribution is 7.91. The molecular weight excluding hydrogens is 314 g/mol. The van der Waals surface area contributed by atoms with Gasteiger partial charge in [-0.2, -0.15) is 0 Å². The van der Waals surface area contributed by atoms with E-state index in [-0.39, 0.29) is 11.5 Å². The van der Waals surface area contributed by atoms with Crippen LogP contribution in [0.15, 0.2) is 18.2 Å². The molecule has 2 heterocycles. The molecule has 0 bridgehead atoms. The van der Waals surface area contributed by atoms with Gasteiger partial charge in [-0.3, -0.25) is 0 Å². The van der Waals surface area contributed by atoms with Crippen LogP contribution in [0.25, 0.3) is 11.4 Å². The molecule has 112 valence electrons. The van der Waals surface area contributed by atoms with Crippen molar-refractivity contribution < 1.29 is 13.2 Å². The summed E-state index contributed by atoms with van der Waals surface area (Å²) < 4.78 is 30.7. The van der Waals surface area contributed by atoms with Gasteiger partial charge >= 0.3 is 0 Å². The summed E-state index contributed by atoms with van der Waals surface area (Å²) >= 11 is 5.96. The molecule has 21 heavy (non-hydrogen) atoms. The van der Waals surface area contributed by atoms with Crippen molar-refractivity contribution in [1.82, 2.24) is 14.8 Å². The Hall–Kier alpha value is -1.60. The van der Waals surface area contributed by atoms with E-state index in [0.717, 1.165) is 5.56 Å². The maximum absolute atomic E-state index is 11.7. The quantitative estimate of drug-likeness (QED) is 0.837. The molecule has 0 saturated carbocycles. The van der Waals surface area contributed by atoms with E-state index in [2.05, 4.69) is 10.2 Å². The fraction of sp³-hybridized carbons (Fsp3) is 0.385. The first-order valence-corrected chi connectivity index (χ1v) is 8.66. The molecule has 1 aromatic carbocycles. The number of halogens is 1. The lowest BCUT2D eigenvalue weighted by Gasteiger charge is -2.10. The molecule has 3 rings (SSSR count). The van der Waals surface area contributed by atoms with Gasteiger partial charge in [-0.05, 0) is 18.2 Å². The number of sulfone groups is 1. The van der Waals surface area contributed by atoms with E-state index in [1.807, 2.05) is 4.57 Å². The lowest BCUT2D eigenvalue weighted by atomic mass is 10.2. The van der Waals surface area contributed by atoms with Gasteiger partial charge < -0.3 is 9.30 Å². The number of methoxy groups -OCH3 is 1. The maximum atomic E-state index is 11.7. The van der Waals surface area contributed by atoms with E-state index in [0.29, 0.717) is 35.4 Å². The van der Waals surface area contributed by atoms with Crippen molar-refractivity contribution in [2.45, 2.75) is 13.0 Å². The fourth-order valence-corrected chi connectivity index (χ4v) is 3.70. The van der Waals surface area contributed by atoms with E-state index in [1.54, 1.807) is 25.3 Å². The Morgan fingerprint density at radius 1 is 1.29 bits per heavy atom. The van der Waals surface area contributed by atoms with Gasteiger partial charge in [0.25, 0.3) is 0 Å². The normalized spacial score (nSPS) is 17.0. The van der Waals surface area contributed by atoms with E-state index >= 15 is 0 Å². The minimum atomic E-state index is -3.02. The number of hydrogen-bond donors (Lipinski definition) is 0. The zero-order valence-electron chi connectivity index (χ0n) is 11.4. The van der Waals surface area contributed by atoms with Crippen molar-refractivity contribution in [3.63, 3.8) is 0 Å². The minimum absolute atomic E-state index is 0.0982. The van der Waals surface area contributed by atoms with Crippen LogP contribution < -0.4 is 4.74 Å². The Morgan fingerprint density at radius 2 is 2.10 bits per heavy atom. The highest BCUT2D eigenvalue weighted by atomic mass is 35.5. The zero-order valence-corrected chi connectivity index (χ0v) is 13.0. The molecule has 1 aliphatic rings. The predicted molar refractivity (Wildman–Crippen MR) is 79.4 cm³/mol. The van der Waals surface area contributed by atoms with Crippen LogP contribution in [0.2, 0.25) is 5.02 Å². The van der Waals surface area contributed by atoms with Gasteiger partial charge in [-0.15, -0.1) is 10.2 Å². The van der Waals surface area contributed by atoms with Gasteiger partial charge in [0.15, 0.2) is 15.7 Å². The molecule has 1 aliphatic heterocycles. The summed E-state index contributed by atoms with van der Waals surface area (Å²) in [6, 6.07) is 5.25. The standard InChI is InChI=1S/C13H14ClN3O3S/c1-20-11-8-9(14)2-3-10(11)13-16-15-12-4-6-21(18,19)7-5-17(12)13/h2-3,8H,4-7H2,1H3. The van der Waals surface area contributed by atoms with Crippen molar-refractivity contribution in [3.05, 3.63) is 29.0 Å². The highest BCUT2D eigenvalue weighted by Gasteiger charge is 2.24. The van der Waals surface area contributed by atoms with Crippen molar-refractivity contribution in [2.75, 3.05) is 18.6 Å². The monoisotopic (exact) mass is 327 g/mol. The molecule has 1 aromatic heterocycles. The summed E-state index contributed by atoms with van der Waals surface area (Å²) in [6.07, 6.45) is 0.380. The molecule has 0 aliphatic carbocycles. The second kappa shape index (κ2) is 5.31. The van der Waals surface area contributed by atoms with Gasteiger partial charge in [0.2, 0.25) is 0 Å². The van der Waals surface area contributed by atoms with Gasteiger partial charge in [-0.25, -0.2) is 8.42 Å². The number of rotatable bonds is 2. The summed E-state index contributed by atoms with van der Waals surface area (Å²) in [5.74, 6) is 2.09. The summed E-state index contributed by atoms with van der Waals surface area (Å²) in [5.41, 5.74) is 0.750. The van der Waals surface area contributed by atoms with E-state index in [9.17, 15) is 8.42 Å². The van der Waals surface area contributed by atoms with Crippen LogP contribution in [-0.4, -0.2) is 41.8 Å².